The molecule has 0 aliphatic carbocycles. The van der Waals surface area contributed by atoms with Gasteiger partial charge in [-0.05, 0) is 55.5 Å². The lowest BCUT2D eigenvalue weighted by Gasteiger charge is -2.39. The molecule has 1 fully saturated rings. The molecule has 27 heavy (non-hydrogen) atoms. The van der Waals surface area contributed by atoms with Crippen LogP contribution >= 0.6 is 0 Å². The van der Waals surface area contributed by atoms with E-state index in [-0.39, 0.29) is 24.6 Å². The predicted molar refractivity (Wildman–Crippen MR) is 90.7 cm³/mol. The van der Waals surface area contributed by atoms with Gasteiger partial charge in [0, 0.05) is 24.3 Å². The molecule has 4 nitrogen and oxygen atoms in total. The zero-order valence-electron chi connectivity index (χ0n) is 14.3. The number of carbonyl (C=O) groups is 2. The van der Waals surface area contributed by atoms with Crippen LogP contribution < -0.4 is 4.90 Å². The van der Waals surface area contributed by atoms with Crippen molar-refractivity contribution in [2.75, 3.05) is 18.0 Å². The standard InChI is InChI=1S/C19H16F4N2O2/c1-12-17(26)25(16-8-6-15(20)7-9-16)11-10-24(12)18(27)13-2-4-14(5-3-13)19(21,22)23/h2-9,12H,10-11H2,1H3/t12-/m0/s1. The van der Waals surface area contributed by atoms with Crippen molar-refractivity contribution in [2.45, 2.75) is 19.1 Å². The zero-order chi connectivity index (χ0) is 19.8. The summed E-state index contributed by atoms with van der Waals surface area (Å²) in [5.41, 5.74) is -0.239. The quantitative estimate of drug-likeness (QED) is 0.745. The van der Waals surface area contributed by atoms with Crippen molar-refractivity contribution in [3.8, 4) is 0 Å². The van der Waals surface area contributed by atoms with Gasteiger partial charge in [-0.25, -0.2) is 4.39 Å². The van der Waals surface area contributed by atoms with Crippen molar-refractivity contribution >= 4 is 17.5 Å². The van der Waals surface area contributed by atoms with Gasteiger partial charge in [-0.1, -0.05) is 0 Å². The number of hydrogen-bond donors (Lipinski definition) is 0. The Morgan fingerprint density at radius 2 is 1.59 bits per heavy atom. The molecule has 0 N–H and O–H groups in total. The highest BCUT2D eigenvalue weighted by molar-refractivity contribution is 6.03. The lowest BCUT2D eigenvalue weighted by molar-refractivity contribution is -0.137. The Kier molecular flexibility index (Phi) is 4.91. The van der Waals surface area contributed by atoms with E-state index in [2.05, 4.69) is 0 Å². The van der Waals surface area contributed by atoms with Crippen LogP contribution in [0.3, 0.4) is 0 Å². The first-order valence-corrected chi connectivity index (χ1v) is 8.23. The van der Waals surface area contributed by atoms with E-state index >= 15 is 0 Å². The molecule has 2 aromatic carbocycles. The van der Waals surface area contributed by atoms with Crippen molar-refractivity contribution in [1.29, 1.82) is 0 Å². The summed E-state index contributed by atoms with van der Waals surface area (Å²) in [5, 5.41) is 0. The van der Waals surface area contributed by atoms with E-state index < -0.39 is 29.5 Å². The Morgan fingerprint density at radius 3 is 2.15 bits per heavy atom. The van der Waals surface area contributed by atoms with Gasteiger partial charge >= 0.3 is 6.18 Å². The molecular weight excluding hydrogens is 364 g/mol. The summed E-state index contributed by atoms with van der Waals surface area (Å²) in [6, 6.07) is 8.55. The van der Waals surface area contributed by atoms with E-state index in [4.69, 9.17) is 0 Å². The van der Waals surface area contributed by atoms with E-state index in [1.54, 1.807) is 6.92 Å². The molecule has 0 radical (unpaired) electrons. The molecule has 2 aromatic rings. The largest absolute Gasteiger partial charge is 0.416 e. The molecule has 1 atom stereocenters. The normalized spacial score (nSPS) is 18.0. The molecule has 1 heterocycles. The van der Waals surface area contributed by atoms with Crippen LogP contribution in [0.1, 0.15) is 22.8 Å². The fourth-order valence-corrected chi connectivity index (χ4v) is 2.99. The molecule has 1 aliphatic heterocycles. The number of nitrogens with zero attached hydrogens (tertiary/aromatic N) is 2. The Morgan fingerprint density at radius 1 is 1.00 bits per heavy atom. The lowest BCUT2D eigenvalue weighted by Crippen LogP contribution is -2.57. The van der Waals surface area contributed by atoms with E-state index in [1.165, 1.54) is 34.1 Å². The van der Waals surface area contributed by atoms with Gasteiger partial charge in [0.05, 0.1) is 5.56 Å². The van der Waals surface area contributed by atoms with Crippen molar-refractivity contribution in [3.05, 3.63) is 65.5 Å². The van der Waals surface area contributed by atoms with Crippen molar-refractivity contribution < 1.29 is 27.2 Å². The van der Waals surface area contributed by atoms with Crippen molar-refractivity contribution in [1.82, 2.24) is 4.90 Å². The molecule has 8 heteroatoms. The number of hydrogen-bond acceptors (Lipinski definition) is 2. The molecule has 3 rings (SSSR count). The fraction of sp³-hybridized carbons (Fsp3) is 0.263. The number of rotatable bonds is 2. The summed E-state index contributed by atoms with van der Waals surface area (Å²) in [6.07, 6.45) is -4.48. The number of halogens is 4. The van der Waals surface area contributed by atoms with E-state index in [9.17, 15) is 27.2 Å². The number of alkyl halides is 3. The van der Waals surface area contributed by atoms with Crippen molar-refractivity contribution in [3.63, 3.8) is 0 Å². The first kappa shape index (κ1) is 18.9. The number of anilines is 1. The highest BCUT2D eigenvalue weighted by atomic mass is 19.4. The number of amides is 2. The van der Waals surface area contributed by atoms with Crippen LogP contribution in [0.2, 0.25) is 0 Å². The maximum Gasteiger partial charge on any atom is 0.416 e. The Balaban J connectivity index is 1.76. The highest BCUT2D eigenvalue weighted by Gasteiger charge is 2.36. The van der Waals surface area contributed by atoms with Crippen LogP contribution in [0.25, 0.3) is 0 Å². The van der Waals surface area contributed by atoms with E-state index in [0.29, 0.717) is 5.69 Å². The SMILES string of the molecule is C[C@H]1C(=O)N(c2ccc(F)cc2)CCN1C(=O)c1ccc(C(F)(F)F)cc1. The van der Waals surface area contributed by atoms with Gasteiger partial charge in [-0.3, -0.25) is 9.59 Å². The molecule has 142 valence electrons. The minimum atomic E-state index is -4.48. The number of piperazine rings is 1. The second kappa shape index (κ2) is 7.02. The minimum Gasteiger partial charge on any atom is -0.325 e. The third-order valence-electron chi connectivity index (χ3n) is 4.51. The summed E-state index contributed by atoms with van der Waals surface area (Å²) >= 11 is 0. The van der Waals surface area contributed by atoms with Gasteiger partial charge in [0.2, 0.25) is 5.91 Å². The van der Waals surface area contributed by atoms with E-state index in [1.807, 2.05) is 0 Å². The lowest BCUT2D eigenvalue weighted by atomic mass is 10.1. The average molecular weight is 380 g/mol. The van der Waals surface area contributed by atoms with Gasteiger partial charge in [0.1, 0.15) is 11.9 Å². The minimum absolute atomic E-state index is 0.0814. The topological polar surface area (TPSA) is 40.6 Å². The Bertz CT molecular complexity index is 848. The van der Waals surface area contributed by atoms with Gasteiger partial charge in [-0.15, -0.1) is 0 Å². The summed E-state index contributed by atoms with van der Waals surface area (Å²) in [5.74, 6) is -1.27. The van der Waals surface area contributed by atoms with Crippen LogP contribution in [0, 0.1) is 5.82 Å². The van der Waals surface area contributed by atoms with Crippen LogP contribution in [0.4, 0.5) is 23.2 Å². The first-order valence-electron chi connectivity index (χ1n) is 8.23. The summed E-state index contributed by atoms with van der Waals surface area (Å²) < 4.78 is 51.0. The van der Waals surface area contributed by atoms with Crippen LogP contribution in [0.5, 0.6) is 0 Å². The molecular formula is C19H16F4N2O2. The van der Waals surface area contributed by atoms with Crippen molar-refractivity contribution in [2.24, 2.45) is 0 Å². The summed E-state index contributed by atoms with van der Waals surface area (Å²) in [4.78, 5) is 28.0. The van der Waals surface area contributed by atoms with Gasteiger partial charge in [-0.2, -0.15) is 13.2 Å². The maximum absolute atomic E-state index is 13.1. The second-order valence-electron chi connectivity index (χ2n) is 6.22. The molecule has 2 amide bonds. The smallest absolute Gasteiger partial charge is 0.325 e. The monoisotopic (exact) mass is 380 g/mol. The number of carbonyl (C=O) groups excluding carboxylic acids is 2. The molecule has 0 saturated carbocycles. The van der Waals surface area contributed by atoms with Crippen LogP contribution in [0.15, 0.2) is 48.5 Å². The Hall–Kier alpha value is -2.90. The Labute approximate surface area is 153 Å². The molecule has 0 spiro atoms. The highest BCUT2D eigenvalue weighted by Crippen LogP contribution is 2.29. The number of benzene rings is 2. The maximum atomic E-state index is 13.1. The molecule has 0 aromatic heterocycles. The third-order valence-corrected chi connectivity index (χ3v) is 4.51. The fourth-order valence-electron chi connectivity index (χ4n) is 2.99. The molecule has 0 unspecified atom stereocenters. The van der Waals surface area contributed by atoms with Gasteiger partial charge in [0.25, 0.3) is 5.91 Å². The predicted octanol–water partition coefficient (Wildman–Crippen LogP) is 3.72. The second-order valence-corrected chi connectivity index (χ2v) is 6.22. The van der Waals surface area contributed by atoms with Crippen LogP contribution in [-0.4, -0.2) is 35.8 Å². The van der Waals surface area contributed by atoms with Gasteiger partial charge in [0.15, 0.2) is 0 Å². The summed E-state index contributed by atoms with van der Waals surface area (Å²) in [6.45, 7) is 1.98. The zero-order valence-corrected chi connectivity index (χ0v) is 14.3. The third kappa shape index (κ3) is 3.79. The van der Waals surface area contributed by atoms with Crippen LogP contribution in [-0.2, 0) is 11.0 Å². The molecule has 1 saturated heterocycles. The average Bonchev–Trinajstić information content (AvgIpc) is 2.64. The summed E-state index contributed by atoms with van der Waals surface area (Å²) in [7, 11) is 0. The molecule has 0 bridgehead atoms. The first-order chi connectivity index (χ1) is 12.7. The van der Waals surface area contributed by atoms with Gasteiger partial charge < -0.3 is 9.80 Å². The molecule has 1 aliphatic rings. The van der Waals surface area contributed by atoms with E-state index in [0.717, 1.165) is 24.3 Å².